The third kappa shape index (κ3) is 3.30. The third-order valence-electron chi connectivity index (χ3n) is 5.04. The monoisotopic (exact) mass is 381 g/mol. The first kappa shape index (κ1) is 17.6. The number of amides is 2. The molecule has 1 aliphatic heterocycles. The van der Waals surface area contributed by atoms with Crippen molar-refractivity contribution in [3.05, 3.63) is 64.8 Å². The van der Waals surface area contributed by atoms with E-state index in [9.17, 15) is 9.59 Å². The zero-order valence-electron chi connectivity index (χ0n) is 15.0. The van der Waals surface area contributed by atoms with Crippen LogP contribution in [0.5, 0.6) is 0 Å². The Bertz CT molecular complexity index is 1030. The minimum Gasteiger partial charge on any atom is -0.361 e. The maximum absolute atomic E-state index is 12.7. The number of rotatable bonds is 4. The summed E-state index contributed by atoms with van der Waals surface area (Å²) in [6.45, 7) is 1.99. The predicted octanol–water partition coefficient (Wildman–Crippen LogP) is 3.46. The zero-order valence-corrected chi connectivity index (χ0v) is 15.7. The number of nitrogens with zero attached hydrogens (tertiary/aromatic N) is 1. The molecule has 0 radical (unpaired) electrons. The van der Waals surface area contributed by atoms with Gasteiger partial charge in [0.15, 0.2) is 0 Å². The standard InChI is InChI=1S/C21H20ClN3O2/c1-13(26)25-19-5-3-2-4-14(19)10-20(25)21(27)23-9-8-15-12-24-18-7-6-16(22)11-17(15)18/h2-7,11-12,20,24H,8-10H2,1H3,(H,23,27). The predicted molar refractivity (Wildman–Crippen MR) is 107 cm³/mol. The van der Waals surface area contributed by atoms with E-state index < -0.39 is 6.04 Å². The maximum atomic E-state index is 12.7. The number of carbonyl (C=O) groups is 2. The van der Waals surface area contributed by atoms with E-state index in [0.717, 1.165) is 27.7 Å². The minimum absolute atomic E-state index is 0.119. The van der Waals surface area contributed by atoms with E-state index in [-0.39, 0.29) is 11.8 Å². The third-order valence-corrected chi connectivity index (χ3v) is 5.28. The molecule has 2 N–H and O–H groups in total. The van der Waals surface area contributed by atoms with Gasteiger partial charge in [-0.15, -0.1) is 0 Å². The summed E-state index contributed by atoms with van der Waals surface area (Å²) >= 11 is 6.09. The van der Waals surface area contributed by atoms with Gasteiger partial charge in [-0.3, -0.25) is 14.5 Å². The summed E-state index contributed by atoms with van der Waals surface area (Å²) in [5.74, 6) is -0.245. The van der Waals surface area contributed by atoms with E-state index in [0.29, 0.717) is 24.4 Å². The molecule has 1 aromatic heterocycles. The molecular weight excluding hydrogens is 362 g/mol. The summed E-state index contributed by atoms with van der Waals surface area (Å²) in [4.78, 5) is 29.6. The largest absolute Gasteiger partial charge is 0.361 e. The fourth-order valence-electron chi connectivity index (χ4n) is 3.78. The van der Waals surface area contributed by atoms with Gasteiger partial charge in [-0.25, -0.2) is 0 Å². The first-order valence-corrected chi connectivity index (χ1v) is 9.33. The molecule has 0 spiro atoms. The van der Waals surface area contributed by atoms with Gasteiger partial charge < -0.3 is 10.3 Å². The molecule has 3 aromatic rings. The zero-order chi connectivity index (χ0) is 19.0. The highest BCUT2D eigenvalue weighted by Gasteiger charge is 2.36. The summed E-state index contributed by atoms with van der Waals surface area (Å²) in [6.07, 6.45) is 3.18. The second-order valence-electron chi connectivity index (χ2n) is 6.78. The SMILES string of the molecule is CC(=O)N1c2ccccc2CC1C(=O)NCCc1c[nH]c2ccc(Cl)cc12. The van der Waals surface area contributed by atoms with Gasteiger partial charge in [0, 0.05) is 47.7 Å². The molecule has 2 aromatic carbocycles. The molecule has 1 aliphatic rings. The number of fused-ring (bicyclic) bond motifs is 2. The van der Waals surface area contributed by atoms with Crippen LogP contribution in [0.25, 0.3) is 10.9 Å². The van der Waals surface area contributed by atoms with Crippen LogP contribution >= 0.6 is 11.6 Å². The van der Waals surface area contributed by atoms with Crippen LogP contribution in [-0.2, 0) is 22.4 Å². The Morgan fingerprint density at radius 2 is 2.07 bits per heavy atom. The van der Waals surface area contributed by atoms with Crippen LogP contribution in [0.3, 0.4) is 0 Å². The molecule has 4 rings (SSSR count). The number of aromatic amines is 1. The number of hydrogen-bond donors (Lipinski definition) is 2. The molecule has 2 heterocycles. The van der Waals surface area contributed by atoms with Crippen molar-refractivity contribution < 1.29 is 9.59 Å². The molecule has 138 valence electrons. The van der Waals surface area contributed by atoms with Gasteiger partial charge in [-0.2, -0.15) is 0 Å². The highest BCUT2D eigenvalue weighted by Crippen LogP contribution is 2.32. The van der Waals surface area contributed by atoms with Crippen molar-refractivity contribution in [1.29, 1.82) is 0 Å². The second-order valence-corrected chi connectivity index (χ2v) is 7.22. The lowest BCUT2D eigenvalue weighted by Gasteiger charge is -2.23. The number of H-pyrrole nitrogens is 1. The second kappa shape index (κ2) is 7.08. The van der Waals surface area contributed by atoms with E-state index in [1.54, 1.807) is 4.90 Å². The molecule has 1 atom stereocenters. The molecular formula is C21H20ClN3O2. The Balaban J connectivity index is 1.43. The van der Waals surface area contributed by atoms with E-state index >= 15 is 0 Å². The number of anilines is 1. The van der Waals surface area contributed by atoms with Gasteiger partial charge in [-0.1, -0.05) is 29.8 Å². The molecule has 27 heavy (non-hydrogen) atoms. The van der Waals surface area contributed by atoms with E-state index in [1.807, 2.05) is 48.7 Å². The van der Waals surface area contributed by atoms with Crippen molar-refractivity contribution in [2.45, 2.75) is 25.8 Å². The summed E-state index contributed by atoms with van der Waals surface area (Å²) in [6, 6.07) is 12.9. The van der Waals surface area contributed by atoms with Gasteiger partial charge in [0.1, 0.15) is 6.04 Å². The Morgan fingerprint density at radius 1 is 1.26 bits per heavy atom. The van der Waals surface area contributed by atoms with E-state index in [1.165, 1.54) is 6.92 Å². The van der Waals surface area contributed by atoms with Gasteiger partial charge in [0.05, 0.1) is 0 Å². The minimum atomic E-state index is -0.489. The van der Waals surface area contributed by atoms with Crippen LogP contribution < -0.4 is 10.2 Å². The van der Waals surface area contributed by atoms with Crippen molar-refractivity contribution >= 4 is 40.0 Å². The first-order chi connectivity index (χ1) is 13.0. The molecule has 1 unspecified atom stereocenters. The number of carbonyl (C=O) groups excluding carboxylic acids is 2. The van der Waals surface area contributed by atoms with Crippen LogP contribution in [0.1, 0.15) is 18.1 Å². The van der Waals surface area contributed by atoms with Crippen LogP contribution in [-0.4, -0.2) is 29.4 Å². The molecule has 0 saturated heterocycles. The number of benzene rings is 2. The molecule has 6 heteroatoms. The average molecular weight is 382 g/mol. The molecule has 0 bridgehead atoms. The molecule has 0 aliphatic carbocycles. The van der Waals surface area contributed by atoms with E-state index in [4.69, 9.17) is 11.6 Å². The Kier molecular flexibility index (Phi) is 4.62. The quantitative estimate of drug-likeness (QED) is 0.726. The van der Waals surface area contributed by atoms with Crippen molar-refractivity contribution in [1.82, 2.24) is 10.3 Å². The van der Waals surface area contributed by atoms with Gasteiger partial charge in [0.25, 0.3) is 0 Å². The fourth-order valence-corrected chi connectivity index (χ4v) is 3.95. The lowest BCUT2D eigenvalue weighted by Crippen LogP contribution is -2.47. The highest BCUT2D eigenvalue weighted by atomic mass is 35.5. The highest BCUT2D eigenvalue weighted by molar-refractivity contribution is 6.31. The van der Waals surface area contributed by atoms with Crippen molar-refractivity contribution in [2.24, 2.45) is 0 Å². The normalized spacial score (nSPS) is 15.8. The van der Waals surface area contributed by atoms with Gasteiger partial charge in [-0.05, 0) is 41.8 Å². The summed E-state index contributed by atoms with van der Waals surface area (Å²) in [7, 11) is 0. The van der Waals surface area contributed by atoms with Crippen LogP contribution in [0.2, 0.25) is 5.02 Å². The average Bonchev–Trinajstić information content (AvgIpc) is 3.23. The van der Waals surface area contributed by atoms with Gasteiger partial charge >= 0.3 is 0 Å². The van der Waals surface area contributed by atoms with Crippen LogP contribution in [0, 0.1) is 0 Å². The van der Waals surface area contributed by atoms with Crippen molar-refractivity contribution in [3.63, 3.8) is 0 Å². The van der Waals surface area contributed by atoms with Crippen LogP contribution in [0.4, 0.5) is 5.69 Å². The molecule has 0 fully saturated rings. The number of para-hydroxylation sites is 1. The Hall–Kier alpha value is -2.79. The topological polar surface area (TPSA) is 65.2 Å². The Labute approximate surface area is 162 Å². The van der Waals surface area contributed by atoms with Gasteiger partial charge in [0.2, 0.25) is 11.8 Å². The number of aromatic nitrogens is 1. The molecule has 5 nitrogen and oxygen atoms in total. The van der Waals surface area contributed by atoms with Crippen LogP contribution in [0.15, 0.2) is 48.7 Å². The summed E-state index contributed by atoms with van der Waals surface area (Å²) in [5.41, 5.74) is 3.98. The van der Waals surface area contributed by atoms with Crippen molar-refractivity contribution in [3.8, 4) is 0 Å². The lowest BCUT2D eigenvalue weighted by atomic mass is 10.1. The van der Waals surface area contributed by atoms with Crippen molar-refractivity contribution in [2.75, 3.05) is 11.4 Å². The number of hydrogen-bond acceptors (Lipinski definition) is 2. The summed E-state index contributed by atoms with van der Waals surface area (Å²) in [5, 5.41) is 4.74. The first-order valence-electron chi connectivity index (χ1n) is 8.95. The number of halogens is 1. The maximum Gasteiger partial charge on any atom is 0.243 e. The lowest BCUT2D eigenvalue weighted by molar-refractivity contribution is -0.125. The smallest absolute Gasteiger partial charge is 0.243 e. The fraction of sp³-hybridized carbons (Fsp3) is 0.238. The van der Waals surface area contributed by atoms with E-state index in [2.05, 4.69) is 10.3 Å². The Morgan fingerprint density at radius 3 is 2.89 bits per heavy atom. The molecule has 0 saturated carbocycles. The summed E-state index contributed by atoms with van der Waals surface area (Å²) < 4.78 is 0. The molecule has 2 amide bonds. The number of nitrogens with one attached hydrogen (secondary N) is 2.